The Bertz CT molecular complexity index is 400. The number of aliphatic carboxylic acids is 1. The second-order valence-corrected chi connectivity index (χ2v) is 3.16. The molecule has 0 amide bonds. The van der Waals surface area contributed by atoms with E-state index in [-0.39, 0.29) is 12.3 Å². The molecular formula is C10H9NO3. The van der Waals surface area contributed by atoms with E-state index in [4.69, 9.17) is 5.11 Å². The Hall–Kier alpha value is -1.68. The van der Waals surface area contributed by atoms with Crippen LogP contribution in [0.25, 0.3) is 0 Å². The highest BCUT2D eigenvalue weighted by atomic mass is 16.4. The second-order valence-electron chi connectivity index (χ2n) is 3.16. The van der Waals surface area contributed by atoms with Gasteiger partial charge in [-0.15, -0.1) is 0 Å². The molecule has 2 N–H and O–H groups in total. The summed E-state index contributed by atoms with van der Waals surface area (Å²) < 4.78 is 0. The molecule has 1 aliphatic heterocycles. The third kappa shape index (κ3) is 1.29. The van der Waals surface area contributed by atoms with E-state index >= 15 is 0 Å². The number of ketones is 1. The number of carbonyl (C=O) groups is 2. The Morgan fingerprint density at radius 2 is 2.14 bits per heavy atom. The van der Waals surface area contributed by atoms with Gasteiger partial charge in [0.25, 0.3) is 0 Å². The van der Waals surface area contributed by atoms with Crippen molar-refractivity contribution in [3.63, 3.8) is 0 Å². The predicted molar refractivity (Wildman–Crippen MR) is 49.2 cm³/mol. The van der Waals surface area contributed by atoms with Gasteiger partial charge in [0, 0.05) is 5.56 Å². The van der Waals surface area contributed by atoms with Crippen molar-refractivity contribution in [3.05, 3.63) is 35.4 Å². The average molecular weight is 191 g/mol. The van der Waals surface area contributed by atoms with Gasteiger partial charge in [-0.25, -0.2) is 0 Å². The van der Waals surface area contributed by atoms with Crippen molar-refractivity contribution in [2.45, 2.75) is 6.04 Å². The Kier molecular flexibility index (Phi) is 2.05. The summed E-state index contributed by atoms with van der Waals surface area (Å²) in [7, 11) is 0. The zero-order chi connectivity index (χ0) is 10.1. The molecule has 0 fully saturated rings. The van der Waals surface area contributed by atoms with Crippen LogP contribution in [-0.4, -0.2) is 23.4 Å². The summed E-state index contributed by atoms with van der Waals surface area (Å²) in [5.41, 5.74) is 1.06. The van der Waals surface area contributed by atoms with E-state index in [2.05, 4.69) is 5.32 Å². The monoisotopic (exact) mass is 191 g/mol. The molecule has 0 aliphatic carbocycles. The fourth-order valence-corrected chi connectivity index (χ4v) is 1.62. The molecule has 0 saturated heterocycles. The minimum absolute atomic E-state index is 0.0573. The number of hydrogen-bond acceptors (Lipinski definition) is 3. The zero-order valence-corrected chi connectivity index (χ0v) is 7.36. The van der Waals surface area contributed by atoms with E-state index in [9.17, 15) is 9.59 Å². The Balaban J connectivity index is 2.52. The van der Waals surface area contributed by atoms with Crippen molar-refractivity contribution in [1.82, 2.24) is 5.32 Å². The van der Waals surface area contributed by atoms with E-state index in [1.54, 1.807) is 24.3 Å². The van der Waals surface area contributed by atoms with Gasteiger partial charge in [0.2, 0.25) is 0 Å². The van der Waals surface area contributed by atoms with E-state index in [0.717, 1.165) is 0 Å². The highest BCUT2D eigenvalue weighted by Gasteiger charge is 2.29. The number of carboxylic acid groups (broad SMARTS) is 1. The van der Waals surface area contributed by atoms with Gasteiger partial charge in [0.1, 0.15) is 6.04 Å². The maximum Gasteiger partial charge on any atom is 0.325 e. The van der Waals surface area contributed by atoms with Crippen molar-refractivity contribution < 1.29 is 14.7 Å². The lowest BCUT2D eigenvalue weighted by molar-refractivity contribution is -0.139. The van der Waals surface area contributed by atoms with Crippen molar-refractivity contribution in [2.75, 3.05) is 6.54 Å². The lowest BCUT2D eigenvalue weighted by Gasteiger charge is -2.22. The summed E-state index contributed by atoms with van der Waals surface area (Å²) >= 11 is 0. The molecule has 1 aromatic carbocycles. The summed E-state index contributed by atoms with van der Waals surface area (Å²) in [6.07, 6.45) is 0. The van der Waals surface area contributed by atoms with Crippen molar-refractivity contribution >= 4 is 11.8 Å². The Morgan fingerprint density at radius 1 is 1.43 bits per heavy atom. The molecule has 0 unspecified atom stereocenters. The number of fused-ring (bicyclic) bond motifs is 1. The molecule has 1 heterocycles. The molecule has 0 aromatic heterocycles. The summed E-state index contributed by atoms with van der Waals surface area (Å²) in [4.78, 5) is 22.2. The van der Waals surface area contributed by atoms with Crippen LogP contribution in [0.3, 0.4) is 0 Å². The van der Waals surface area contributed by atoms with Gasteiger partial charge in [-0.05, 0) is 5.56 Å². The number of carboxylic acids is 1. The van der Waals surface area contributed by atoms with E-state index in [1.165, 1.54) is 0 Å². The number of nitrogens with one attached hydrogen (secondary N) is 1. The molecule has 4 nitrogen and oxygen atoms in total. The van der Waals surface area contributed by atoms with Gasteiger partial charge >= 0.3 is 5.97 Å². The van der Waals surface area contributed by atoms with Crippen LogP contribution in [-0.2, 0) is 4.79 Å². The SMILES string of the molecule is O=C1CN[C@@H](C(=O)O)c2ccccc21. The topological polar surface area (TPSA) is 66.4 Å². The molecule has 0 bridgehead atoms. The fourth-order valence-electron chi connectivity index (χ4n) is 1.62. The minimum Gasteiger partial charge on any atom is -0.480 e. The average Bonchev–Trinajstić information content (AvgIpc) is 2.18. The van der Waals surface area contributed by atoms with E-state index < -0.39 is 12.0 Å². The molecular weight excluding hydrogens is 182 g/mol. The number of carbonyl (C=O) groups excluding carboxylic acids is 1. The van der Waals surface area contributed by atoms with Crippen LogP contribution >= 0.6 is 0 Å². The van der Waals surface area contributed by atoms with Gasteiger partial charge in [-0.3, -0.25) is 14.9 Å². The van der Waals surface area contributed by atoms with Crippen LogP contribution < -0.4 is 5.32 Å². The summed E-state index contributed by atoms with van der Waals surface area (Å²) in [6.45, 7) is 0.0912. The van der Waals surface area contributed by atoms with Crippen LogP contribution in [0.1, 0.15) is 22.0 Å². The number of Topliss-reactive ketones (excluding diaryl/α,β-unsaturated/α-hetero) is 1. The molecule has 14 heavy (non-hydrogen) atoms. The smallest absolute Gasteiger partial charge is 0.325 e. The summed E-state index contributed by atoms with van der Waals surface area (Å²) in [6, 6.07) is 6.03. The standard InChI is InChI=1S/C10H9NO3/c12-8-5-11-9(10(13)14)7-4-2-1-3-6(7)8/h1-4,9,11H,5H2,(H,13,14)/t9-/m1/s1. The molecule has 0 saturated carbocycles. The van der Waals surface area contributed by atoms with Crippen LogP contribution in [0.2, 0.25) is 0 Å². The Morgan fingerprint density at radius 3 is 2.86 bits per heavy atom. The number of benzene rings is 1. The lowest BCUT2D eigenvalue weighted by atomic mass is 9.94. The predicted octanol–water partition coefficient (Wildman–Crippen LogP) is 0.598. The normalized spacial score (nSPS) is 20.3. The fraction of sp³-hybridized carbons (Fsp3) is 0.200. The van der Waals surface area contributed by atoms with E-state index in [1.807, 2.05) is 0 Å². The maximum absolute atomic E-state index is 11.4. The quantitative estimate of drug-likeness (QED) is 0.682. The van der Waals surface area contributed by atoms with E-state index in [0.29, 0.717) is 11.1 Å². The van der Waals surface area contributed by atoms with Crippen LogP contribution in [0, 0.1) is 0 Å². The van der Waals surface area contributed by atoms with Gasteiger partial charge in [0.15, 0.2) is 5.78 Å². The maximum atomic E-state index is 11.4. The first kappa shape index (κ1) is 8.90. The molecule has 0 spiro atoms. The minimum atomic E-state index is -0.954. The second kappa shape index (κ2) is 3.23. The number of rotatable bonds is 1. The first-order valence-corrected chi connectivity index (χ1v) is 4.28. The third-order valence-electron chi connectivity index (χ3n) is 2.29. The van der Waals surface area contributed by atoms with Crippen molar-refractivity contribution in [2.24, 2.45) is 0 Å². The molecule has 1 aliphatic rings. The van der Waals surface area contributed by atoms with Gasteiger partial charge < -0.3 is 5.11 Å². The molecule has 2 rings (SSSR count). The zero-order valence-electron chi connectivity index (χ0n) is 7.36. The molecule has 1 atom stereocenters. The number of hydrogen-bond donors (Lipinski definition) is 2. The highest BCUT2D eigenvalue weighted by Crippen LogP contribution is 2.22. The molecule has 0 radical (unpaired) electrons. The van der Waals surface area contributed by atoms with Crippen LogP contribution in [0.5, 0.6) is 0 Å². The molecule has 4 heteroatoms. The first-order valence-electron chi connectivity index (χ1n) is 4.28. The largest absolute Gasteiger partial charge is 0.480 e. The Labute approximate surface area is 80.6 Å². The molecule has 72 valence electrons. The van der Waals surface area contributed by atoms with Crippen LogP contribution in [0.4, 0.5) is 0 Å². The van der Waals surface area contributed by atoms with Crippen LogP contribution in [0.15, 0.2) is 24.3 Å². The summed E-state index contributed by atoms with van der Waals surface area (Å²) in [5, 5.41) is 11.6. The van der Waals surface area contributed by atoms with Gasteiger partial charge in [-0.1, -0.05) is 24.3 Å². The van der Waals surface area contributed by atoms with Gasteiger partial charge in [-0.2, -0.15) is 0 Å². The summed E-state index contributed by atoms with van der Waals surface area (Å²) in [5.74, 6) is -1.01. The first-order chi connectivity index (χ1) is 6.70. The van der Waals surface area contributed by atoms with Gasteiger partial charge in [0.05, 0.1) is 6.54 Å². The molecule has 1 aromatic rings. The highest BCUT2D eigenvalue weighted by molar-refractivity contribution is 6.02. The lowest BCUT2D eigenvalue weighted by Crippen LogP contribution is -2.38. The van der Waals surface area contributed by atoms with Crippen molar-refractivity contribution in [1.29, 1.82) is 0 Å². The third-order valence-corrected chi connectivity index (χ3v) is 2.29. The van der Waals surface area contributed by atoms with Crippen molar-refractivity contribution in [3.8, 4) is 0 Å².